The Bertz CT molecular complexity index is 1750. The molecule has 0 saturated carbocycles. The molecule has 65 heavy (non-hydrogen) atoms. The molecule has 13 nitrogen and oxygen atoms in total. The number of carbonyl (C=O) groups excluding carboxylic acids is 6. The van der Waals surface area contributed by atoms with Gasteiger partial charge >= 0.3 is 0 Å². The molecular weight excluding hydrogens is 821 g/mol. The molecular formula is C52H82N6O7. The average molecular weight is 903 g/mol. The van der Waals surface area contributed by atoms with Crippen LogP contribution < -0.4 is 27.4 Å². The van der Waals surface area contributed by atoms with Crippen molar-refractivity contribution >= 4 is 41.0 Å². The zero-order valence-corrected chi connectivity index (χ0v) is 40.2. The fraction of sp³-hybridized carbons (Fsp3) is 0.635. The van der Waals surface area contributed by atoms with E-state index < -0.39 is 47.6 Å². The lowest BCUT2D eigenvalue weighted by Gasteiger charge is -2.25. The number of hydrogen-bond donors (Lipinski definition) is 6. The van der Waals surface area contributed by atoms with E-state index in [1.807, 2.05) is 44.2 Å². The third-order valence-electron chi connectivity index (χ3n) is 12.0. The molecule has 13 heteroatoms. The van der Waals surface area contributed by atoms with Crippen LogP contribution in [0.25, 0.3) is 0 Å². The van der Waals surface area contributed by atoms with Gasteiger partial charge in [-0.15, -0.1) is 0 Å². The fourth-order valence-electron chi connectivity index (χ4n) is 8.03. The van der Waals surface area contributed by atoms with Gasteiger partial charge in [-0.05, 0) is 81.5 Å². The molecule has 0 saturated heterocycles. The molecule has 0 bridgehead atoms. The van der Waals surface area contributed by atoms with E-state index in [-0.39, 0.29) is 60.8 Å². The van der Waals surface area contributed by atoms with Crippen LogP contribution in [0.5, 0.6) is 5.75 Å². The van der Waals surface area contributed by atoms with Crippen LogP contribution in [0.1, 0.15) is 168 Å². The number of phenolic OH excluding ortho intramolecular Hbond substituents is 1. The van der Waals surface area contributed by atoms with E-state index in [0.717, 1.165) is 31.2 Å². The molecule has 2 aromatic carbocycles. The summed E-state index contributed by atoms with van der Waals surface area (Å²) in [4.78, 5) is 85.5. The third kappa shape index (κ3) is 25.3. The molecule has 0 fully saturated rings. The summed E-state index contributed by atoms with van der Waals surface area (Å²) in [7, 11) is 0. The van der Waals surface area contributed by atoms with Gasteiger partial charge in [-0.3, -0.25) is 33.8 Å². The number of unbranched alkanes of at least 4 members (excludes halogenated alkanes) is 12. The van der Waals surface area contributed by atoms with Gasteiger partial charge in [0.05, 0.1) is 12.1 Å². The molecule has 0 aliphatic rings. The predicted molar refractivity (Wildman–Crippen MR) is 260 cm³/mol. The first-order valence-electron chi connectivity index (χ1n) is 24.4. The molecule has 8 N–H and O–H groups in total. The average Bonchev–Trinajstić information content (AvgIpc) is 3.26. The van der Waals surface area contributed by atoms with Crippen LogP contribution in [0.15, 0.2) is 59.6 Å². The number of Topliss-reactive ketones (excluding diaryl/α,β-unsaturated/α-hetero) is 3. The second-order valence-electron chi connectivity index (χ2n) is 18.4. The number of nitrogens with two attached hydrogens (primary N) is 2. The molecule has 3 amide bonds. The van der Waals surface area contributed by atoms with Gasteiger partial charge in [0, 0.05) is 37.6 Å². The summed E-state index contributed by atoms with van der Waals surface area (Å²) in [6.07, 6.45) is 17.2. The van der Waals surface area contributed by atoms with E-state index in [1.54, 1.807) is 19.1 Å². The highest BCUT2D eigenvalue weighted by Crippen LogP contribution is 2.21. The minimum absolute atomic E-state index is 0.0430. The monoisotopic (exact) mass is 903 g/mol. The molecule has 2 aromatic rings. The third-order valence-corrected chi connectivity index (χ3v) is 12.0. The molecule has 0 spiro atoms. The van der Waals surface area contributed by atoms with E-state index >= 15 is 0 Å². The van der Waals surface area contributed by atoms with Crippen molar-refractivity contribution in [2.45, 2.75) is 188 Å². The van der Waals surface area contributed by atoms with Crippen molar-refractivity contribution in [2.75, 3.05) is 6.54 Å². The molecule has 2 rings (SSSR count). The Labute approximate surface area is 389 Å². The SMILES string of the molecule is CCCCCCCCCCCCCCCC(=O)NC(CC(C)C)C(=O)N[C@@H](C)C(=O)C[C@@H](Cc1ccc(O)cc1)C(=O)N[C@@H](Cc1ccccc1)C(=O)C[C@@H](CCCN=C(N)N)C(C)=O. The quantitative estimate of drug-likeness (QED) is 0.0221. The van der Waals surface area contributed by atoms with Crippen LogP contribution in [-0.2, 0) is 41.6 Å². The normalized spacial score (nSPS) is 13.5. The van der Waals surface area contributed by atoms with Crippen LogP contribution in [-0.4, -0.2) is 70.8 Å². The van der Waals surface area contributed by atoms with Gasteiger partial charge in [0.25, 0.3) is 0 Å². The number of phenols is 1. The Hall–Kier alpha value is -5.07. The molecule has 0 aliphatic carbocycles. The van der Waals surface area contributed by atoms with Crippen molar-refractivity contribution in [3.05, 3.63) is 65.7 Å². The van der Waals surface area contributed by atoms with Gasteiger partial charge in [0.1, 0.15) is 17.6 Å². The van der Waals surface area contributed by atoms with E-state index in [9.17, 15) is 33.9 Å². The minimum atomic E-state index is -1.00. The number of nitrogens with zero attached hydrogens (tertiary/aromatic N) is 1. The number of rotatable bonds is 36. The van der Waals surface area contributed by atoms with Crippen molar-refractivity contribution in [3.63, 3.8) is 0 Å². The maximum Gasteiger partial charge on any atom is 0.243 e. The number of carbonyl (C=O) groups is 6. The lowest BCUT2D eigenvalue weighted by atomic mass is 9.88. The number of amides is 3. The number of benzene rings is 2. The summed E-state index contributed by atoms with van der Waals surface area (Å²) in [5.41, 5.74) is 12.4. The predicted octanol–water partition coefficient (Wildman–Crippen LogP) is 7.97. The summed E-state index contributed by atoms with van der Waals surface area (Å²) < 4.78 is 0. The van der Waals surface area contributed by atoms with Gasteiger partial charge in [-0.1, -0.05) is 140 Å². The number of guanidine groups is 1. The molecule has 0 radical (unpaired) electrons. The number of ketones is 3. The highest BCUT2D eigenvalue weighted by atomic mass is 16.3. The van der Waals surface area contributed by atoms with E-state index in [4.69, 9.17) is 11.5 Å². The van der Waals surface area contributed by atoms with Crippen LogP contribution in [0.2, 0.25) is 0 Å². The zero-order chi connectivity index (χ0) is 48.0. The van der Waals surface area contributed by atoms with Gasteiger partial charge in [-0.2, -0.15) is 0 Å². The number of hydrogen-bond acceptors (Lipinski definition) is 8. The smallest absolute Gasteiger partial charge is 0.243 e. The molecule has 0 aromatic heterocycles. The van der Waals surface area contributed by atoms with Crippen LogP contribution in [0.4, 0.5) is 0 Å². The second-order valence-corrected chi connectivity index (χ2v) is 18.4. The first-order chi connectivity index (χ1) is 31.1. The summed E-state index contributed by atoms with van der Waals surface area (Å²) in [6.45, 7) is 9.47. The van der Waals surface area contributed by atoms with Gasteiger partial charge in [0.15, 0.2) is 17.5 Å². The fourth-order valence-corrected chi connectivity index (χ4v) is 8.03. The van der Waals surface area contributed by atoms with E-state index in [2.05, 4.69) is 27.9 Å². The summed E-state index contributed by atoms with van der Waals surface area (Å²) >= 11 is 0. The number of aliphatic imine (C=N–C) groups is 1. The van der Waals surface area contributed by atoms with E-state index in [0.29, 0.717) is 37.8 Å². The van der Waals surface area contributed by atoms with Crippen LogP contribution in [0, 0.1) is 17.8 Å². The summed E-state index contributed by atoms with van der Waals surface area (Å²) in [5.74, 6) is -3.57. The maximum absolute atomic E-state index is 14.3. The standard InChI is InChI=1S/C52H82N6O7/c1-6-7-8-9-10-11-12-13-14-15-16-17-21-26-49(63)57-46(32-37(2)3)51(65)56-38(4)47(61)36-43(33-41-27-29-44(60)30-28-41)50(64)58-45(34-40-23-19-18-20-24-40)48(62)35-42(39(5)59)25-22-31-55-52(53)54/h18-20,23-24,27-30,37-38,42-43,45-46,60H,6-17,21-22,25-26,31-36H2,1-5H3,(H,56,65)(H,57,63)(H,58,64)(H4,53,54,55)/t38-,42+,43+,45-,46?/m0/s1. The Morgan fingerprint density at radius 2 is 1.17 bits per heavy atom. The number of nitrogens with one attached hydrogen (secondary N) is 3. The van der Waals surface area contributed by atoms with Gasteiger partial charge < -0.3 is 32.5 Å². The summed E-state index contributed by atoms with van der Waals surface area (Å²) in [6, 6.07) is 12.7. The molecule has 1 unspecified atom stereocenters. The summed E-state index contributed by atoms with van der Waals surface area (Å²) in [5, 5.41) is 18.6. The van der Waals surface area contributed by atoms with Crippen LogP contribution in [0.3, 0.4) is 0 Å². The zero-order valence-electron chi connectivity index (χ0n) is 40.2. The van der Waals surface area contributed by atoms with Crippen molar-refractivity contribution in [1.82, 2.24) is 16.0 Å². The Kier molecular flexibility index (Phi) is 28.1. The van der Waals surface area contributed by atoms with Crippen molar-refractivity contribution < 1.29 is 33.9 Å². The van der Waals surface area contributed by atoms with Crippen molar-refractivity contribution in [2.24, 2.45) is 34.2 Å². The van der Waals surface area contributed by atoms with Crippen molar-refractivity contribution in [1.29, 1.82) is 0 Å². The first-order valence-corrected chi connectivity index (χ1v) is 24.4. The van der Waals surface area contributed by atoms with Crippen molar-refractivity contribution in [3.8, 4) is 5.75 Å². The van der Waals surface area contributed by atoms with E-state index in [1.165, 1.54) is 76.8 Å². The number of aromatic hydroxyl groups is 1. The van der Waals surface area contributed by atoms with Gasteiger partial charge in [0.2, 0.25) is 17.7 Å². The maximum atomic E-state index is 14.3. The highest BCUT2D eigenvalue weighted by Gasteiger charge is 2.32. The minimum Gasteiger partial charge on any atom is -0.508 e. The highest BCUT2D eigenvalue weighted by molar-refractivity contribution is 5.96. The first kappa shape index (κ1) is 56.1. The molecule has 362 valence electrons. The Balaban J connectivity index is 2.10. The molecule has 0 aliphatic heterocycles. The Morgan fingerprint density at radius 3 is 1.72 bits per heavy atom. The molecule has 0 heterocycles. The Morgan fingerprint density at radius 1 is 0.615 bits per heavy atom. The van der Waals surface area contributed by atoms with Gasteiger partial charge in [-0.25, -0.2) is 0 Å². The lowest BCUT2D eigenvalue weighted by Crippen LogP contribution is -2.52. The second kappa shape index (κ2) is 32.6. The van der Waals surface area contributed by atoms with Crippen LogP contribution >= 0.6 is 0 Å². The largest absolute Gasteiger partial charge is 0.508 e. The lowest BCUT2D eigenvalue weighted by molar-refractivity contribution is -0.134. The molecule has 5 atom stereocenters. The topological polar surface area (TPSA) is 223 Å².